The summed E-state index contributed by atoms with van der Waals surface area (Å²) in [6.07, 6.45) is 4.39. The Kier molecular flexibility index (Phi) is 4.96. The second-order valence-corrected chi connectivity index (χ2v) is 8.09. The first-order valence-corrected chi connectivity index (χ1v) is 10.2. The summed E-state index contributed by atoms with van der Waals surface area (Å²) < 4.78 is 0. The number of aromatic amines is 2. The number of benzene rings is 1. The molecule has 1 amide bonds. The number of likely N-dealkylation sites (tertiary alicyclic amines) is 1. The van der Waals surface area contributed by atoms with E-state index < -0.39 is 0 Å². The molecule has 1 unspecified atom stereocenters. The first kappa shape index (κ1) is 18.7. The summed E-state index contributed by atoms with van der Waals surface area (Å²) in [4.78, 5) is 23.4. The maximum Gasteiger partial charge on any atom is 0.223 e. The van der Waals surface area contributed by atoms with Crippen LogP contribution in [0.2, 0.25) is 0 Å². The molecule has 0 radical (unpaired) electrons. The lowest BCUT2D eigenvalue weighted by Gasteiger charge is -2.34. The Bertz CT molecular complexity index is 957. The normalized spacial score (nSPS) is 17.4. The van der Waals surface area contributed by atoms with Crippen LogP contribution in [-0.4, -0.2) is 37.5 Å². The lowest BCUT2D eigenvalue weighted by molar-refractivity contribution is -0.135. The number of rotatable bonds is 4. The Labute approximate surface area is 165 Å². The largest absolute Gasteiger partial charge is 0.340 e. The summed E-state index contributed by atoms with van der Waals surface area (Å²) >= 11 is 0. The average molecular weight is 380 g/mol. The van der Waals surface area contributed by atoms with Crippen LogP contribution in [0.1, 0.15) is 65.6 Å². The Morgan fingerprint density at radius 1 is 1.18 bits per heavy atom. The molecule has 2 aromatic heterocycles. The SMILES string of the molecule is Cc1cc2nc(C3CCCCN3C(=O)CCc3c(C)n[nH]c3C)[nH]c2cc1C. The highest BCUT2D eigenvalue weighted by Gasteiger charge is 2.30. The molecular formula is C22H29N5O. The molecule has 2 N–H and O–H groups in total. The van der Waals surface area contributed by atoms with Gasteiger partial charge in [-0.1, -0.05) is 0 Å². The zero-order valence-corrected chi connectivity index (χ0v) is 17.2. The maximum absolute atomic E-state index is 13.1. The third kappa shape index (κ3) is 3.43. The molecule has 3 aromatic rings. The summed E-state index contributed by atoms with van der Waals surface area (Å²) in [5.41, 5.74) is 7.75. The first-order valence-electron chi connectivity index (χ1n) is 10.2. The van der Waals surface area contributed by atoms with Crippen molar-refractivity contribution in [2.24, 2.45) is 0 Å². The van der Waals surface area contributed by atoms with E-state index in [2.05, 4.69) is 41.2 Å². The topological polar surface area (TPSA) is 77.7 Å². The van der Waals surface area contributed by atoms with Crippen LogP contribution < -0.4 is 0 Å². The summed E-state index contributed by atoms with van der Waals surface area (Å²) in [6.45, 7) is 9.04. The van der Waals surface area contributed by atoms with Gasteiger partial charge in [0.1, 0.15) is 5.82 Å². The molecule has 1 aliphatic heterocycles. The van der Waals surface area contributed by atoms with E-state index in [0.717, 1.165) is 66.0 Å². The van der Waals surface area contributed by atoms with Gasteiger partial charge in [0.2, 0.25) is 5.91 Å². The number of hydrogen-bond acceptors (Lipinski definition) is 3. The van der Waals surface area contributed by atoms with Crippen molar-refractivity contribution in [1.29, 1.82) is 0 Å². The highest BCUT2D eigenvalue weighted by molar-refractivity contribution is 5.79. The van der Waals surface area contributed by atoms with E-state index in [1.54, 1.807) is 0 Å². The minimum atomic E-state index is 0.0424. The van der Waals surface area contributed by atoms with Crippen LogP contribution in [0.5, 0.6) is 0 Å². The fourth-order valence-corrected chi connectivity index (χ4v) is 4.28. The summed E-state index contributed by atoms with van der Waals surface area (Å²) in [7, 11) is 0. The van der Waals surface area contributed by atoms with Gasteiger partial charge >= 0.3 is 0 Å². The molecule has 1 aromatic carbocycles. The monoisotopic (exact) mass is 379 g/mol. The van der Waals surface area contributed by atoms with Crippen molar-refractivity contribution >= 4 is 16.9 Å². The minimum Gasteiger partial charge on any atom is -0.340 e. The predicted octanol–water partition coefficient (Wildman–Crippen LogP) is 4.21. The van der Waals surface area contributed by atoms with Gasteiger partial charge < -0.3 is 9.88 Å². The molecule has 148 valence electrons. The number of fused-ring (bicyclic) bond motifs is 1. The van der Waals surface area contributed by atoms with Crippen molar-refractivity contribution in [2.45, 2.75) is 65.8 Å². The third-order valence-electron chi connectivity index (χ3n) is 6.12. The highest BCUT2D eigenvalue weighted by Crippen LogP contribution is 2.32. The Morgan fingerprint density at radius 2 is 1.96 bits per heavy atom. The van der Waals surface area contributed by atoms with Crippen LogP contribution in [0.4, 0.5) is 0 Å². The third-order valence-corrected chi connectivity index (χ3v) is 6.12. The molecule has 1 aliphatic rings. The maximum atomic E-state index is 13.1. The van der Waals surface area contributed by atoms with Gasteiger partial charge in [-0.2, -0.15) is 5.10 Å². The second-order valence-electron chi connectivity index (χ2n) is 8.09. The van der Waals surface area contributed by atoms with Gasteiger partial charge in [0.15, 0.2) is 0 Å². The highest BCUT2D eigenvalue weighted by atomic mass is 16.2. The van der Waals surface area contributed by atoms with Crippen LogP contribution in [0, 0.1) is 27.7 Å². The van der Waals surface area contributed by atoms with E-state index in [-0.39, 0.29) is 11.9 Å². The van der Waals surface area contributed by atoms with Gasteiger partial charge in [-0.25, -0.2) is 4.98 Å². The van der Waals surface area contributed by atoms with Gasteiger partial charge in [0, 0.05) is 18.7 Å². The summed E-state index contributed by atoms with van der Waals surface area (Å²) in [5.74, 6) is 1.13. The van der Waals surface area contributed by atoms with Gasteiger partial charge in [-0.3, -0.25) is 9.89 Å². The van der Waals surface area contributed by atoms with Crippen LogP contribution in [0.3, 0.4) is 0 Å². The minimum absolute atomic E-state index is 0.0424. The molecule has 0 bridgehead atoms. The molecule has 4 rings (SSSR count). The molecular weight excluding hydrogens is 350 g/mol. The predicted molar refractivity (Wildman–Crippen MR) is 110 cm³/mol. The lowest BCUT2D eigenvalue weighted by Crippen LogP contribution is -2.39. The van der Waals surface area contributed by atoms with E-state index in [1.807, 2.05) is 18.7 Å². The number of nitrogens with zero attached hydrogens (tertiary/aromatic N) is 3. The van der Waals surface area contributed by atoms with Gasteiger partial charge in [-0.05, 0) is 82.2 Å². The number of hydrogen-bond donors (Lipinski definition) is 2. The zero-order chi connectivity index (χ0) is 19.8. The molecule has 28 heavy (non-hydrogen) atoms. The second kappa shape index (κ2) is 7.41. The molecule has 0 aliphatic carbocycles. The van der Waals surface area contributed by atoms with Gasteiger partial charge in [0.05, 0.1) is 22.8 Å². The molecule has 1 fully saturated rings. The summed E-state index contributed by atoms with van der Waals surface area (Å²) in [5, 5.41) is 7.25. The fraction of sp³-hybridized carbons (Fsp3) is 0.500. The number of H-pyrrole nitrogens is 2. The van der Waals surface area contributed by atoms with Crippen molar-refractivity contribution in [3.63, 3.8) is 0 Å². The van der Waals surface area contributed by atoms with E-state index in [9.17, 15) is 4.79 Å². The van der Waals surface area contributed by atoms with E-state index >= 15 is 0 Å². The number of amides is 1. The van der Waals surface area contributed by atoms with E-state index in [1.165, 1.54) is 11.1 Å². The quantitative estimate of drug-likeness (QED) is 0.713. The molecule has 6 nitrogen and oxygen atoms in total. The molecule has 6 heteroatoms. The Morgan fingerprint density at radius 3 is 2.71 bits per heavy atom. The number of nitrogens with one attached hydrogen (secondary N) is 2. The number of piperidine rings is 1. The number of aromatic nitrogens is 4. The molecule has 0 spiro atoms. The number of carbonyl (C=O) groups excluding carboxylic acids is 1. The lowest BCUT2D eigenvalue weighted by atomic mass is 10.00. The number of aryl methyl sites for hydroxylation is 4. The Balaban J connectivity index is 1.55. The van der Waals surface area contributed by atoms with Crippen LogP contribution in [0.25, 0.3) is 11.0 Å². The van der Waals surface area contributed by atoms with Crippen molar-refractivity contribution in [3.05, 3.63) is 46.0 Å². The average Bonchev–Trinajstić information content (AvgIpc) is 3.23. The zero-order valence-electron chi connectivity index (χ0n) is 17.2. The van der Waals surface area contributed by atoms with E-state index in [0.29, 0.717) is 6.42 Å². The smallest absolute Gasteiger partial charge is 0.223 e. The number of carbonyl (C=O) groups is 1. The van der Waals surface area contributed by atoms with Crippen molar-refractivity contribution < 1.29 is 4.79 Å². The summed E-state index contributed by atoms with van der Waals surface area (Å²) in [6, 6.07) is 4.32. The van der Waals surface area contributed by atoms with Crippen molar-refractivity contribution in [1.82, 2.24) is 25.1 Å². The molecule has 1 saturated heterocycles. The van der Waals surface area contributed by atoms with Crippen molar-refractivity contribution in [3.8, 4) is 0 Å². The molecule has 0 saturated carbocycles. The number of imidazole rings is 1. The first-order chi connectivity index (χ1) is 13.4. The van der Waals surface area contributed by atoms with E-state index in [4.69, 9.17) is 4.98 Å². The molecule has 1 atom stereocenters. The van der Waals surface area contributed by atoms with Gasteiger partial charge in [-0.15, -0.1) is 0 Å². The fourth-order valence-electron chi connectivity index (χ4n) is 4.28. The molecule has 3 heterocycles. The standard InChI is InChI=1S/C22H29N5O/c1-13-11-18-19(12-14(13)2)24-22(23-18)20-7-5-6-10-27(20)21(28)9-8-17-15(3)25-26-16(17)4/h11-12,20H,5-10H2,1-4H3,(H,23,24)(H,25,26). The van der Waals surface area contributed by atoms with Crippen LogP contribution >= 0.6 is 0 Å². The van der Waals surface area contributed by atoms with Crippen LogP contribution in [0.15, 0.2) is 12.1 Å². The van der Waals surface area contributed by atoms with Crippen molar-refractivity contribution in [2.75, 3.05) is 6.54 Å². The van der Waals surface area contributed by atoms with Gasteiger partial charge in [0.25, 0.3) is 0 Å². The Hall–Kier alpha value is -2.63. The van der Waals surface area contributed by atoms with Crippen LogP contribution in [-0.2, 0) is 11.2 Å².